The number of benzene rings is 2. The van der Waals surface area contributed by atoms with Crippen LogP contribution in [-0.2, 0) is 28.7 Å². The maximum atomic E-state index is 12.3. The third-order valence-corrected chi connectivity index (χ3v) is 4.78. The molecule has 2 aromatic rings. The number of phenolic OH excluding ortho intramolecular Hbond substituents is 4. The van der Waals surface area contributed by atoms with Crippen LogP contribution in [0.5, 0.6) is 23.0 Å². The summed E-state index contributed by atoms with van der Waals surface area (Å²) in [5, 5.41) is 76.1. The Morgan fingerprint density at radius 2 is 0.947 bits per heavy atom. The van der Waals surface area contributed by atoms with Crippen molar-refractivity contribution in [2.45, 2.75) is 24.4 Å². The van der Waals surface area contributed by atoms with Crippen LogP contribution in [0.4, 0.5) is 0 Å². The number of carboxylic acid groups (broad SMARTS) is 2. The third-order valence-electron chi connectivity index (χ3n) is 4.78. The van der Waals surface area contributed by atoms with E-state index in [1.807, 2.05) is 0 Å². The SMILES string of the molecule is O=C(C=Cc1ccc(O)c(O)c1)O[C@@H]([C@H](OC(=O)C=Cc1ccc(O)c(O)c1)[C@@H](O)C(=O)O)[C@H](O)C(=O)O. The molecule has 2 rings (SSSR count). The van der Waals surface area contributed by atoms with Gasteiger partial charge in [-0.25, -0.2) is 19.2 Å². The highest BCUT2D eigenvalue weighted by Gasteiger charge is 2.45. The van der Waals surface area contributed by atoms with Gasteiger partial charge < -0.3 is 50.3 Å². The molecule has 0 bridgehead atoms. The first-order valence-corrected chi connectivity index (χ1v) is 10.4. The van der Waals surface area contributed by atoms with Gasteiger partial charge in [0.1, 0.15) is 0 Å². The Balaban J connectivity index is 2.30. The summed E-state index contributed by atoms with van der Waals surface area (Å²) in [5.41, 5.74) is 0.345. The van der Waals surface area contributed by atoms with E-state index in [-0.39, 0.29) is 11.1 Å². The zero-order valence-electron chi connectivity index (χ0n) is 19.1. The van der Waals surface area contributed by atoms with E-state index < -0.39 is 71.3 Å². The largest absolute Gasteiger partial charge is 0.504 e. The van der Waals surface area contributed by atoms with Crippen LogP contribution >= 0.6 is 0 Å². The molecule has 4 atom stereocenters. The minimum atomic E-state index is -2.66. The quantitative estimate of drug-likeness (QED) is 0.107. The van der Waals surface area contributed by atoms with E-state index in [2.05, 4.69) is 0 Å². The van der Waals surface area contributed by atoms with E-state index in [9.17, 15) is 60.0 Å². The van der Waals surface area contributed by atoms with Crippen LogP contribution in [0.3, 0.4) is 0 Å². The summed E-state index contributed by atoms with van der Waals surface area (Å²) in [6, 6.07) is 6.87. The molecule has 2 aromatic carbocycles. The smallest absolute Gasteiger partial charge is 0.336 e. The summed E-state index contributed by atoms with van der Waals surface area (Å²) in [6.07, 6.45) is -6.66. The van der Waals surface area contributed by atoms with Crippen molar-refractivity contribution in [3.63, 3.8) is 0 Å². The Morgan fingerprint density at radius 3 is 1.24 bits per heavy atom. The molecule has 0 aliphatic carbocycles. The minimum absolute atomic E-state index is 0.173. The molecule has 0 spiro atoms. The number of carbonyl (C=O) groups is 4. The second-order valence-corrected chi connectivity index (χ2v) is 7.53. The lowest BCUT2D eigenvalue weighted by Crippen LogP contribution is -2.53. The molecule has 0 aliphatic rings. The van der Waals surface area contributed by atoms with Crippen LogP contribution in [0.15, 0.2) is 48.6 Å². The lowest BCUT2D eigenvalue weighted by molar-refractivity contribution is -0.194. The van der Waals surface area contributed by atoms with Crippen LogP contribution in [0.2, 0.25) is 0 Å². The number of aliphatic carboxylic acids is 2. The van der Waals surface area contributed by atoms with Gasteiger partial charge in [0.2, 0.25) is 0 Å². The molecule has 0 amide bonds. The average molecular weight is 534 g/mol. The Labute approximate surface area is 213 Å². The maximum Gasteiger partial charge on any atom is 0.336 e. The highest BCUT2D eigenvalue weighted by atomic mass is 16.6. The number of aliphatic hydroxyl groups excluding tert-OH is 2. The van der Waals surface area contributed by atoms with Crippen LogP contribution in [0, 0.1) is 0 Å². The molecule has 0 radical (unpaired) electrons. The van der Waals surface area contributed by atoms with Gasteiger partial charge in [-0.05, 0) is 47.5 Å². The fraction of sp³-hybridized carbons (Fsp3) is 0.167. The Kier molecular flexibility index (Phi) is 9.78. The number of hydrogen-bond donors (Lipinski definition) is 8. The summed E-state index contributed by atoms with van der Waals surface area (Å²) in [7, 11) is 0. The summed E-state index contributed by atoms with van der Waals surface area (Å²) >= 11 is 0. The Bertz CT molecular complexity index is 1170. The van der Waals surface area contributed by atoms with E-state index in [4.69, 9.17) is 9.47 Å². The van der Waals surface area contributed by atoms with E-state index in [0.29, 0.717) is 12.2 Å². The Morgan fingerprint density at radius 1 is 0.605 bits per heavy atom. The van der Waals surface area contributed by atoms with Gasteiger partial charge in [-0.1, -0.05) is 12.1 Å². The van der Waals surface area contributed by atoms with Crippen molar-refractivity contribution < 1.29 is 69.5 Å². The molecule has 14 heteroatoms. The van der Waals surface area contributed by atoms with Gasteiger partial charge in [-0.2, -0.15) is 0 Å². The maximum absolute atomic E-state index is 12.3. The van der Waals surface area contributed by atoms with Crippen molar-refractivity contribution in [1.29, 1.82) is 0 Å². The Hall–Kier alpha value is -5.08. The fourth-order valence-corrected chi connectivity index (χ4v) is 2.87. The van der Waals surface area contributed by atoms with Crippen LogP contribution in [0.25, 0.3) is 12.2 Å². The number of aromatic hydroxyl groups is 4. The number of rotatable bonds is 11. The van der Waals surface area contributed by atoms with Gasteiger partial charge in [0.15, 0.2) is 47.4 Å². The predicted octanol–water partition coefficient (Wildman–Crippen LogP) is -0.0498. The van der Waals surface area contributed by atoms with Gasteiger partial charge in [0, 0.05) is 12.2 Å². The molecule has 0 saturated heterocycles. The van der Waals surface area contributed by atoms with Crippen molar-refractivity contribution in [3.05, 3.63) is 59.7 Å². The van der Waals surface area contributed by atoms with Gasteiger partial charge in [-0.15, -0.1) is 0 Å². The lowest BCUT2D eigenvalue weighted by atomic mass is 10.0. The van der Waals surface area contributed by atoms with Crippen LogP contribution < -0.4 is 0 Å². The van der Waals surface area contributed by atoms with Gasteiger partial charge >= 0.3 is 23.9 Å². The number of phenols is 4. The van der Waals surface area contributed by atoms with Crippen LogP contribution in [-0.4, -0.2) is 89.1 Å². The van der Waals surface area contributed by atoms with E-state index in [1.165, 1.54) is 12.1 Å². The number of hydrogen-bond acceptors (Lipinski definition) is 12. The van der Waals surface area contributed by atoms with E-state index in [1.54, 1.807) is 0 Å². The summed E-state index contributed by atoms with van der Waals surface area (Å²) in [5.74, 6) is -8.68. The second kappa shape index (κ2) is 12.8. The zero-order chi connectivity index (χ0) is 28.6. The number of ether oxygens (including phenoxy) is 2. The molecule has 14 nitrogen and oxygen atoms in total. The highest BCUT2D eigenvalue weighted by molar-refractivity contribution is 5.89. The lowest BCUT2D eigenvalue weighted by Gasteiger charge is -2.29. The average Bonchev–Trinajstić information content (AvgIpc) is 2.86. The molecule has 202 valence electrons. The first-order valence-electron chi connectivity index (χ1n) is 10.4. The molecule has 0 heterocycles. The van der Waals surface area contributed by atoms with Crippen LogP contribution in [0.1, 0.15) is 11.1 Å². The fourth-order valence-electron chi connectivity index (χ4n) is 2.87. The first kappa shape index (κ1) is 29.2. The zero-order valence-corrected chi connectivity index (χ0v) is 19.1. The summed E-state index contributed by atoms with van der Waals surface area (Å²) < 4.78 is 9.64. The van der Waals surface area contributed by atoms with E-state index >= 15 is 0 Å². The number of aliphatic hydroxyl groups is 2. The molecule has 0 unspecified atom stereocenters. The second-order valence-electron chi connectivity index (χ2n) is 7.53. The monoisotopic (exact) mass is 534 g/mol. The molecular formula is C24H22O14. The van der Waals surface area contributed by atoms with Gasteiger partial charge in [-0.3, -0.25) is 0 Å². The first-order chi connectivity index (χ1) is 17.8. The highest BCUT2D eigenvalue weighted by Crippen LogP contribution is 2.26. The molecule has 0 aromatic heterocycles. The van der Waals surface area contributed by atoms with Gasteiger partial charge in [0.25, 0.3) is 0 Å². The van der Waals surface area contributed by atoms with Gasteiger partial charge in [0.05, 0.1) is 0 Å². The molecule has 8 N–H and O–H groups in total. The topological polar surface area (TPSA) is 249 Å². The summed E-state index contributed by atoms with van der Waals surface area (Å²) in [4.78, 5) is 47.4. The van der Waals surface area contributed by atoms with Crippen molar-refractivity contribution in [1.82, 2.24) is 0 Å². The number of carboxylic acids is 2. The van der Waals surface area contributed by atoms with E-state index in [0.717, 1.165) is 36.4 Å². The van der Waals surface area contributed by atoms with Crippen molar-refractivity contribution in [3.8, 4) is 23.0 Å². The van der Waals surface area contributed by atoms with Crippen molar-refractivity contribution in [2.75, 3.05) is 0 Å². The third kappa shape index (κ3) is 7.97. The van der Waals surface area contributed by atoms with Crippen molar-refractivity contribution in [2.24, 2.45) is 0 Å². The predicted molar refractivity (Wildman–Crippen MR) is 125 cm³/mol. The minimum Gasteiger partial charge on any atom is -0.504 e. The molecule has 0 fully saturated rings. The van der Waals surface area contributed by atoms with Crippen molar-refractivity contribution >= 4 is 36.0 Å². The standard InChI is InChI=1S/C24H22O14/c25-13-5-1-11(9-15(13)27)3-7-17(29)37-21(19(31)23(33)34)22(20(32)24(35)36)38-18(30)8-4-12-2-6-14(26)16(28)10-12/h1-10,19-22,25-28,31-32H,(H,33,34)(H,35,36)/t19-,20+,21-,22-/m1/s1. The molecule has 0 saturated carbocycles. The molecule has 38 heavy (non-hydrogen) atoms. The number of esters is 2. The normalized spacial score (nSPS) is 14.5. The molecular weight excluding hydrogens is 512 g/mol. The molecule has 0 aliphatic heterocycles. The number of carbonyl (C=O) groups excluding carboxylic acids is 2. The summed E-state index contributed by atoms with van der Waals surface area (Å²) in [6.45, 7) is 0.